The maximum Gasteiger partial charge on any atom is 0.294 e. The van der Waals surface area contributed by atoms with Crippen LogP contribution in [0, 0.1) is 12.8 Å². The number of carbonyl (C=O) groups is 1. The van der Waals surface area contributed by atoms with E-state index in [1.165, 1.54) is 34.4 Å². The summed E-state index contributed by atoms with van der Waals surface area (Å²) in [5.74, 6) is 0.696. The number of hydrogen-bond acceptors (Lipinski definition) is 4. The number of aryl methyl sites for hydroxylation is 2. The SMILES string of the molecule is CN(C)C[C@H]1Cc2ccccc2N(C(=O)CCc2ccc(-c3ccccc3)cc2)C1.Cc1ccc(S(=O)(=O)O)cc1. The Morgan fingerprint density at radius 1 is 0.854 bits per heavy atom. The number of carbonyl (C=O) groups excluding carboxylic acids is 1. The van der Waals surface area contributed by atoms with Crippen molar-refractivity contribution in [1.82, 2.24) is 4.90 Å². The molecule has 0 unspecified atom stereocenters. The Kier molecular flexibility index (Phi) is 10.1. The predicted octanol–water partition coefficient (Wildman–Crippen LogP) is 6.30. The second-order valence-electron chi connectivity index (χ2n) is 10.8. The van der Waals surface area contributed by atoms with Crippen LogP contribution in [0.4, 0.5) is 5.69 Å². The van der Waals surface area contributed by atoms with Gasteiger partial charge in [0.05, 0.1) is 4.90 Å². The lowest BCUT2D eigenvalue weighted by Crippen LogP contribution is -2.43. The average Bonchev–Trinajstić information content (AvgIpc) is 2.96. The molecule has 1 amide bonds. The lowest BCUT2D eigenvalue weighted by molar-refractivity contribution is -0.118. The van der Waals surface area contributed by atoms with Crippen molar-refractivity contribution >= 4 is 21.7 Å². The minimum atomic E-state index is -4.02. The van der Waals surface area contributed by atoms with Crippen LogP contribution in [0.3, 0.4) is 0 Å². The summed E-state index contributed by atoms with van der Waals surface area (Å²) in [6.07, 6.45) is 2.34. The van der Waals surface area contributed by atoms with Gasteiger partial charge in [-0.3, -0.25) is 9.35 Å². The third kappa shape index (κ3) is 8.60. The van der Waals surface area contributed by atoms with Gasteiger partial charge in [-0.2, -0.15) is 8.42 Å². The van der Waals surface area contributed by atoms with Crippen molar-refractivity contribution in [2.24, 2.45) is 5.92 Å². The highest BCUT2D eigenvalue weighted by Crippen LogP contribution is 2.30. The first kappa shape index (κ1) is 30.2. The van der Waals surface area contributed by atoms with Gasteiger partial charge in [0.1, 0.15) is 0 Å². The maximum atomic E-state index is 13.2. The molecule has 214 valence electrons. The quantitative estimate of drug-likeness (QED) is 0.264. The van der Waals surface area contributed by atoms with E-state index in [9.17, 15) is 13.2 Å². The van der Waals surface area contributed by atoms with Crippen LogP contribution in [-0.2, 0) is 27.8 Å². The molecule has 1 heterocycles. The molecule has 0 spiro atoms. The molecule has 0 saturated carbocycles. The minimum absolute atomic E-state index is 0.0666. The Hall–Kier alpha value is -3.78. The van der Waals surface area contributed by atoms with E-state index in [0.717, 1.165) is 37.2 Å². The van der Waals surface area contributed by atoms with Gasteiger partial charge in [0.15, 0.2) is 0 Å². The topological polar surface area (TPSA) is 77.9 Å². The van der Waals surface area contributed by atoms with Crippen LogP contribution in [0.5, 0.6) is 0 Å². The Morgan fingerprint density at radius 3 is 2.10 bits per heavy atom. The van der Waals surface area contributed by atoms with Crippen LogP contribution in [0.1, 0.15) is 23.1 Å². The van der Waals surface area contributed by atoms with Gasteiger partial charge in [-0.25, -0.2) is 0 Å². The zero-order chi connectivity index (χ0) is 29.4. The van der Waals surface area contributed by atoms with E-state index in [0.29, 0.717) is 12.3 Å². The number of nitrogens with zero attached hydrogens (tertiary/aromatic N) is 2. The van der Waals surface area contributed by atoms with Crippen LogP contribution < -0.4 is 4.90 Å². The number of anilines is 1. The van der Waals surface area contributed by atoms with E-state index >= 15 is 0 Å². The van der Waals surface area contributed by atoms with Crippen molar-refractivity contribution in [2.45, 2.75) is 31.1 Å². The zero-order valence-electron chi connectivity index (χ0n) is 23.9. The highest BCUT2D eigenvalue weighted by Gasteiger charge is 2.28. The van der Waals surface area contributed by atoms with Gasteiger partial charge in [0.2, 0.25) is 5.91 Å². The average molecular weight is 571 g/mol. The van der Waals surface area contributed by atoms with E-state index in [1.807, 2.05) is 24.0 Å². The predicted molar refractivity (Wildman–Crippen MR) is 166 cm³/mol. The number of para-hydroxylation sites is 1. The molecule has 1 aliphatic rings. The molecule has 0 bridgehead atoms. The molecule has 4 aromatic carbocycles. The lowest BCUT2D eigenvalue weighted by Gasteiger charge is -2.36. The second-order valence-corrected chi connectivity index (χ2v) is 12.2. The third-order valence-electron chi connectivity index (χ3n) is 7.16. The molecule has 0 aromatic heterocycles. The Labute approximate surface area is 244 Å². The molecule has 1 aliphatic heterocycles. The summed E-state index contributed by atoms with van der Waals surface area (Å²) in [6.45, 7) is 3.65. The molecule has 0 fully saturated rings. The Morgan fingerprint density at radius 2 is 1.46 bits per heavy atom. The lowest BCUT2D eigenvalue weighted by atomic mass is 9.91. The fraction of sp³-hybridized carbons (Fsp3) is 0.265. The molecule has 1 N–H and O–H groups in total. The summed E-state index contributed by atoms with van der Waals surface area (Å²) in [4.78, 5) is 17.3. The number of amides is 1. The fourth-order valence-corrected chi connectivity index (χ4v) is 5.62. The van der Waals surface area contributed by atoms with Gasteiger partial charge in [-0.05, 0) is 80.2 Å². The number of benzene rings is 4. The van der Waals surface area contributed by atoms with Crippen LogP contribution in [0.25, 0.3) is 11.1 Å². The molecule has 4 aromatic rings. The van der Waals surface area contributed by atoms with Gasteiger partial charge < -0.3 is 9.80 Å². The van der Waals surface area contributed by atoms with Gasteiger partial charge >= 0.3 is 0 Å². The summed E-state index contributed by atoms with van der Waals surface area (Å²) >= 11 is 0. The van der Waals surface area contributed by atoms with Crippen LogP contribution >= 0.6 is 0 Å². The maximum absolute atomic E-state index is 13.2. The Bertz CT molecular complexity index is 1530. The van der Waals surface area contributed by atoms with E-state index in [4.69, 9.17) is 4.55 Å². The zero-order valence-corrected chi connectivity index (χ0v) is 24.7. The van der Waals surface area contributed by atoms with E-state index in [2.05, 4.69) is 85.7 Å². The highest BCUT2D eigenvalue weighted by molar-refractivity contribution is 7.85. The first-order valence-corrected chi connectivity index (χ1v) is 15.3. The summed E-state index contributed by atoms with van der Waals surface area (Å²) in [5.41, 5.74) is 6.97. The molecule has 7 heteroatoms. The Balaban J connectivity index is 0.000000296. The second kappa shape index (κ2) is 13.7. The van der Waals surface area contributed by atoms with Crippen molar-refractivity contribution in [3.8, 4) is 11.1 Å². The third-order valence-corrected chi connectivity index (χ3v) is 8.03. The van der Waals surface area contributed by atoms with E-state index in [1.54, 1.807) is 12.1 Å². The standard InChI is InChI=1S/C27H30N2O.C7H8O3S/c1-28(2)19-22-18-25-10-6-7-11-26(25)29(20-22)27(30)17-14-21-12-15-24(16-13-21)23-8-4-3-5-9-23;1-6-2-4-7(5-3-6)11(8,9)10/h3-13,15-16,22H,14,17-20H2,1-2H3;2-5H,1H3,(H,8,9,10)/t22-;/m1./s1. The fourth-order valence-electron chi connectivity index (χ4n) is 5.14. The summed E-state index contributed by atoms with van der Waals surface area (Å²) in [7, 11) is 0.186. The summed E-state index contributed by atoms with van der Waals surface area (Å²) in [6, 6.07) is 33.3. The van der Waals surface area contributed by atoms with Gasteiger partial charge in [0, 0.05) is 25.2 Å². The molecule has 0 aliphatic carbocycles. The molecule has 0 radical (unpaired) electrons. The molecule has 5 rings (SSSR count). The molecule has 41 heavy (non-hydrogen) atoms. The van der Waals surface area contributed by atoms with Gasteiger partial charge in [-0.15, -0.1) is 0 Å². The van der Waals surface area contributed by atoms with Gasteiger partial charge in [0.25, 0.3) is 10.1 Å². The van der Waals surface area contributed by atoms with Crippen molar-refractivity contribution in [1.29, 1.82) is 0 Å². The van der Waals surface area contributed by atoms with E-state index < -0.39 is 10.1 Å². The first-order chi connectivity index (χ1) is 19.6. The summed E-state index contributed by atoms with van der Waals surface area (Å²) in [5, 5.41) is 0. The number of rotatable bonds is 7. The normalized spacial score (nSPS) is 14.7. The van der Waals surface area contributed by atoms with Crippen LogP contribution in [0.2, 0.25) is 0 Å². The van der Waals surface area contributed by atoms with Crippen molar-refractivity contribution in [3.05, 3.63) is 120 Å². The number of hydrogen-bond donors (Lipinski definition) is 1. The molecule has 1 atom stereocenters. The van der Waals surface area contributed by atoms with Crippen molar-refractivity contribution in [3.63, 3.8) is 0 Å². The minimum Gasteiger partial charge on any atom is -0.312 e. The molecular formula is C34H38N2O4S. The molecule has 6 nitrogen and oxygen atoms in total. The molecular weight excluding hydrogens is 532 g/mol. The smallest absolute Gasteiger partial charge is 0.294 e. The van der Waals surface area contributed by atoms with Crippen LogP contribution in [-0.4, -0.2) is 51.0 Å². The summed E-state index contributed by atoms with van der Waals surface area (Å²) < 4.78 is 29.6. The number of fused-ring (bicyclic) bond motifs is 1. The highest BCUT2D eigenvalue weighted by atomic mass is 32.2. The molecule has 0 saturated heterocycles. The first-order valence-electron chi connectivity index (χ1n) is 13.8. The monoisotopic (exact) mass is 570 g/mol. The largest absolute Gasteiger partial charge is 0.312 e. The van der Waals surface area contributed by atoms with Gasteiger partial charge in [-0.1, -0.05) is 90.5 Å². The van der Waals surface area contributed by atoms with Crippen molar-refractivity contribution in [2.75, 3.05) is 32.1 Å². The van der Waals surface area contributed by atoms with E-state index in [-0.39, 0.29) is 10.8 Å². The van der Waals surface area contributed by atoms with Crippen LogP contribution in [0.15, 0.2) is 108 Å². The van der Waals surface area contributed by atoms with Crippen molar-refractivity contribution < 1.29 is 17.8 Å².